The van der Waals surface area contributed by atoms with Crippen LogP contribution in [0.15, 0.2) is 54.7 Å². The van der Waals surface area contributed by atoms with Gasteiger partial charge in [0.1, 0.15) is 0 Å². The minimum Gasteiger partial charge on any atom is -0.361 e. The predicted octanol–water partition coefficient (Wildman–Crippen LogP) is 4.70. The van der Waals surface area contributed by atoms with E-state index in [-0.39, 0.29) is 18.4 Å². The molecule has 2 amide bonds. The van der Waals surface area contributed by atoms with Gasteiger partial charge in [0, 0.05) is 43.7 Å². The normalized spacial score (nSPS) is 10.9. The van der Waals surface area contributed by atoms with Crippen molar-refractivity contribution in [3.63, 3.8) is 0 Å². The van der Waals surface area contributed by atoms with Gasteiger partial charge in [-0.25, -0.2) is 0 Å². The molecule has 5 heteroatoms. The topological polar surface area (TPSA) is 56.4 Å². The molecule has 0 fully saturated rings. The Kier molecular flexibility index (Phi) is 7.88. The van der Waals surface area contributed by atoms with Gasteiger partial charge >= 0.3 is 0 Å². The maximum atomic E-state index is 13.2. The van der Waals surface area contributed by atoms with Gasteiger partial charge in [-0.2, -0.15) is 0 Å². The first-order valence-corrected chi connectivity index (χ1v) is 11.1. The summed E-state index contributed by atoms with van der Waals surface area (Å²) in [6.07, 6.45) is 4.69. The van der Waals surface area contributed by atoms with E-state index in [1.807, 2.05) is 23.2 Å². The van der Waals surface area contributed by atoms with Gasteiger partial charge < -0.3 is 14.8 Å². The highest BCUT2D eigenvalue weighted by Gasteiger charge is 2.20. The SMILES string of the molecule is CCCCN(CC(=O)N(CCc1c[nH]c2ccccc12)Cc1ccc(C)cc1)C(C)=O. The number of hydrogen-bond acceptors (Lipinski definition) is 2. The van der Waals surface area contributed by atoms with Crippen LogP contribution in [0.2, 0.25) is 0 Å². The summed E-state index contributed by atoms with van der Waals surface area (Å²) < 4.78 is 0. The molecule has 0 radical (unpaired) electrons. The van der Waals surface area contributed by atoms with Crippen LogP contribution in [0.1, 0.15) is 43.4 Å². The third-order valence-corrected chi connectivity index (χ3v) is 5.73. The largest absolute Gasteiger partial charge is 0.361 e. The predicted molar refractivity (Wildman–Crippen MR) is 126 cm³/mol. The van der Waals surface area contributed by atoms with E-state index in [0.717, 1.165) is 30.3 Å². The molecule has 0 aliphatic heterocycles. The van der Waals surface area contributed by atoms with Crippen molar-refractivity contribution < 1.29 is 9.59 Å². The summed E-state index contributed by atoms with van der Waals surface area (Å²) in [5.74, 6) is -0.0552. The van der Waals surface area contributed by atoms with E-state index < -0.39 is 0 Å². The van der Waals surface area contributed by atoms with Gasteiger partial charge in [0.05, 0.1) is 6.54 Å². The molecular formula is C26H33N3O2. The van der Waals surface area contributed by atoms with Crippen molar-refractivity contribution in [1.82, 2.24) is 14.8 Å². The zero-order valence-electron chi connectivity index (χ0n) is 18.9. The maximum Gasteiger partial charge on any atom is 0.242 e. The van der Waals surface area contributed by atoms with E-state index in [9.17, 15) is 9.59 Å². The summed E-state index contributed by atoms with van der Waals surface area (Å²) in [5.41, 5.74) is 4.60. The number of aromatic amines is 1. The molecule has 0 aliphatic carbocycles. The standard InChI is InChI=1S/C26H33N3O2/c1-4-5-15-28(21(3)30)19-26(31)29(18-22-12-10-20(2)11-13-22)16-14-23-17-27-25-9-7-6-8-24(23)25/h6-13,17,27H,4-5,14-16,18-19H2,1-3H3. The zero-order valence-corrected chi connectivity index (χ0v) is 18.9. The molecule has 0 atom stereocenters. The number of aromatic nitrogens is 1. The van der Waals surface area contributed by atoms with Crippen LogP contribution in [0.3, 0.4) is 0 Å². The fourth-order valence-corrected chi connectivity index (χ4v) is 3.76. The number of benzene rings is 2. The van der Waals surface area contributed by atoms with Crippen molar-refractivity contribution >= 4 is 22.7 Å². The Hall–Kier alpha value is -3.08. The molecule has 0 saturated carbocycles. The number of H-pyrrole nitrogens is 1. The Balaban J connectivity index is 1.75. The zero-order chi connectivity index (χ0) is 22.2. The summed E-state index contributed by atoms with van der Waals surface area (Å²) in [6, 6.07) is 16.5. The average Bonchev–Trinajstić information content (AvgIpc) is 3.18. The Morgan fingerprint density at radius 3 is 2.42 bits per heavy atom. The molecule has 31 heavy (non-hydrogen) atoms. The highest BCUT2D eigenvalue weighted by Crippen LogP contribution is 2.19. The first kappa shape index (κ1) is 22.6. The van der Waals surface area contributed by atoms with E-state index in [1.165, 1.54) is 16.5 Å². The number of nitrogens with zero attached hydrogens (tertiary/aromatic N) is 2. The quantitative estimate of drug-likeness (QED) is 0.518. The van der Waals surface area contributed by atoms with Gasteiger partial charge in [0.25, 0.3) is 0 Å². The van der Waals surface area contributed by atoms with Crippen LogP contribution in [0.25, 0.3) is 10.9 Å². The summed E-state index contributed by atoms with van der Waals surface area (Å²) in [7, 11) is 0. The average molecular weight is 420 g/mol. The van der Waals surface area contributed by atoms with Crippen LogP contribution in [0.5, 0.6) is 0 Å². The van der Waals surface area contributed by atoms with Crippen molar-refractivity contribution in [3.8, 4) is 0 Å². The maximum absolute atomic E-state index is 13.2. The van der Waals surface area contributed by atoms with Crippen molar-refractivity contribution in [2.45, 2.75) is 46.6 Å². The lowest BCUT2D eigenvalue weighted by Crippen LogP contribution is -2.43. The molecule has 0 bridgehead atoms. The number of nitrogens with one attached hydrogen (secondary N) is 1. The number of fused-ring (bicyclic) bond motifs is 1. The Morgan fingerprint density at radius 2 is 1.71 bits per heavy atom. The molecule has 1 heterocycles. The minimum absolute atomic E-state index is 0.00767. The number of para-hydroxylation sites is 1. The van der Waals surface area contributed by atoms with Crippen molar-refractivity contribution in [3.05, 3.63) is 71.4 Å². The lowest BCUT2D eigenvalue weighted by Gasteiger charge is -2.27. The number of rotatable bonds is 10. The van der Waals surface area contributed by atoms with Crippen LogP contribution in [-0.2, 0) is 22.6 Å². The number of hydrogen-bond donors (Lipinski definition) is 1. The van der Waals surface area contributed by atoms with Crippen LogP contribution >= 0.6 is 0 Å². The molecule has 1 aromatic heterocycles. The van der Waals surface area contributed by atoms with Gasteiger partial charge in [0.15, 0.2) is 0 Å². The van der Waals surface area contributed by atoms with Crippen molar-refractivity contribution in [2.75, 3.05) is 19.6 Å². The first-order valence-electron chi connectivity index (χ1n) is 11.1. The molecule has 3 rings (SSSR count). The van der Waals surface area contributed by atoms with Crippen molar-refractivity contribution in [1.29, 1.82) is 0 Å². The molecule has 0 saturated heterocycles. The van der Waals surface area contributed by atoms with E-state index in [4.69, 9.17) is 0 Å². The van der Waals surface area contributed by atoms with Crippen LogP contribution in [0.4, 0.5) is 0 Å². The number of carbonyl (C=O) groups excluding carboxylic acids is 2. The molecule has 3 aromatic rings. The smallest absolute Gasteiger partial charge is 0.242 e. The fourth-order valence-electron chi connectivity index (χ4n) is 3.76. The summed E-state index contributed by atoms with van der Waals surface area (Å²) in [6.45, 7) is 7.59. The first-order chi connectivity index (χ1) is 15.0. The summed E-state index contributed by atoms with van der Waals surface area (Å²) in [5, 5.41) is 1.19. The van der Waals surface area contributed by atoms with E-state index in [0.29, 0.717) is 19.6 Å². The fraction of sp³-hybridized carbons (Fsp3) is 0.385. The number of unbranched alkanes of at least 4 members (excludes halogenated alkanes) is 1. The van der Waals surface area contributed by atoms with Gasteiger partial charge in [0.2, 0.25) is 11.8 Å². The lowest BCUT2D eigenvalue weighted by atomic mass is 10.1. The number of carbonyl (C=O) groups is 2. The lowest BCUT2D eigenvalue weighted by molar-refractivity contribution is -0.139. The third kappa shape index (κ3) is 6.20. The molecular weight excluding hydrogens is 386 g/mol. The molecule has 0 aliphatic rings. The third-order valence-electron chi connectivity index (χ3n) is 5.73. The molecule has 0 spiro atoms. The van der Waals surface area contributed by atoms with Gasteiger partial charge in [-0.3, -0.25) is 9.59 Å². The second-order valence-electron chi connectivity index (χ2n) is 8.20. The summed E-state index contributed by atoms with van der Waals surface area (Å²) >= 11 is 0. The van der Waals surface area contributed by atoms with Crippen LogP contribution in [0, 0.1) is 6.92 Å². The molecule has 5 nitrogen and oxygen atoms in total. The van der Waals surface area contributed by atoms with E-state index in [1.54, 1.807) is 11.8 Å². The Morgan fingerprint density at radius 1 is 0.968 bits per heavy atom. The Bertz CT molecular complexity index is 1010. The highest BCUT2D eigenvalue weighted by molar-refractivity contribution is 5.84. The minimum atomic E-state index is -0.0475. The monoisotopic (exact) mass is 419 g/mol. The van der Waals surface area contributed by atoms with Gasteiger partial charge in [-0.15, -0.1) is 0 Å². The number of aryl methyl sites for hydroxylation is 1. The second-order valence-corrected chi connectivity index (χ2v) is 8.20. The molecule has 164 valence electrons. The second kappa shape index (κ2) is 10.8. The van der Waals surface area contributed by atoms with Gasteiger partial charge in [-0.05, 0) is 37.0 Å². The number of amides is 2. The van der Waals surface area contributed by atoms with Crippen LogP contribution in [-0.4, -0.2) is 46.2 Å². The highest BCUT2D eigenvalue weighted by atomic mass is 16.2. The van der Waals surface area contributed by atoms with Gasteiger partial charge in [-0.1, -0.05) is 61.4 Å². The molecule has 1 N–H and O–H groups in total. The van der Waals surface area contributed by atoms with E-state index >= 15 is 0 Å². The molecule has 2 aromatic carbocycles. The summed E-state index contributed by atoms with van der Waals surface area (Å²) in [4.78, 5) is 32.1. The Labute approximate surface area is 185 Å². The van der Waals surface area contributed by atoms with Crippen molar-refractivity contribution in [2.24, 2.45) is 0 Å². The van der Waals surface area contributed by atoms with Crippen LogP contribution < -0.4 is 0 Å². The molecule has 0 unspecified atom stereocenters. The van der Waals surface area contributed by atoms with E-state index in [2.05, 4.69) is 55.2 Å².